The molecule has 80 valence electrons. The van der Waals surface area contributed by atoms with Crippen molar-refractivity contribution in [1.82, 2.24) is 0 Å². The third kappa shape index (κ3) is 1.10. The van der Waals surface area contributed by atoms with Crippen LogP contribution >= 0.6 is 0 Å². The van der Waals surface area contributed by atoms with Gasteiger partial charge in [0.05, 0.1) is 16.9 Å². The van der Waals surface area contributed by atoms with E-state index in [1.807, 2.05) is 12.5 Å². The zero-order chi connectivity index (χ0) is 11.3. The van der Waals surface area contributed by atoms with E-state index in [4.69, 9.17) is 0 Å². The van der Waals surface area contributed by atoms with E-state index < -0.39 is 0 Å². The van der Waals surface area contributed by atoms with Crippen LogP contribution in [0.15, 0.2) is 6.07 Å². The topological polar surface area (TPSA) is 60.2 Å². The van der Waals surface area contributed by atoms with Gasteiger partial charge in [-0.1, -0.05) is 0 Å². The summed E-state index contributed by atoms with van der Waals surface area (Å²) in [6, 6.07) is 1.86. The number of carbonyl (C=O) groups excluding carboxylic acids is 1. The largest absolute Gasteiger partial charge is 0.294 e. The highest BCUT2D eigenvalue weighted by molar-refractivity contribution is 6.02. The summed E-state index contributed by atoms with van der Waals surface area (Å²) in [6.45, 7) is 0. The number of ketones is 1. The van der Waals surface area contributed by atoms with E-state index in [0.717, 1.165) is 17.5 Å². The first-order valence-electron chi connectivity index (χ1n) is 5.35. The van der Waals surface area contributed by atoms with Crippen molar-refractivity contribution in [3.8, 4) is 0 Å². The predicted octanol–water partition coefficient (Wildman–Crippen LogP) is 2.03. The number of benzene rings is 1. The summed E-state index contributed by atoms with van der Waals surface area (Å²) in [4.78, 5) is 22.4. The molecule has 2 aliphatic rings. The Morgan fingerprint density at radius 3 is 2.81 bits per heavy atom. The molecule has 0 heterocycles. The summed E-state index contributed by atoms with van der Waals surface area (Å²) in [5, 5.41) is 11.1. The van der Waals surface area contributed by atoms with Crippen LogP contribution < -0.4 is 0 Å². The molecule has 4 heteroatoms. The number of Topliss-reactive ketones (excluding diaryl/α,β-unsaturated/α-hetero) is 1. The number of nitro benzene ring substituents is 1. The van der Waals surface area contributed by atoms with Crippen LogP contribution in [0.5, 0.6) is 0 Å². The number of hydrogen-bond acceptors (Lipinski definition) is 3. The predicted molar refractivity (Wildman–Crippen MR) is 57.5 cm³/mol. The minimum absolute atomic E-state index is 0.0489. The monoisotopic (exact) mass is 216 g/mol. The van der Waals surface area contributed by atoms with Crippen molar-refractivity contribution in [3.05, 3.63) is 44.9 Å². The molecule has 0 spiro atoms. The van der Waals surface area contributed by atoms with Gasteiger partial charge in [0, 0.05) is 23.1 Å². The molecule has 0 atom stereocenters. The van der Waals surface area contributed by atoms with Gasteiger partial charge in [0.25, 0.3) is 5.69 Å². The van der Waals surface area contributed by atoms with Crippen LogP contribution in [0.25, 0.3) is 0 Å². The van der Waals surface area contributed by atoms with E-state index >= 15 is 0 Å². The Bertz CT molecular complexity index is 519. The van der Waals surface area contributed by atoms with Gasteiger partial charge < -0.3 is 0 Å². The summed E-state index contributed by atoms with van der Waals surface area (Å²) < 4.78 is 0. The molecule has 2 aliphatic carbocycles. The molecule has 0 saturated heterocycles. The first kappa shape index (κ1) is 9.39. The van der Waals surface area contributed by atoms with E-state index in [9.17, 15) is 14.9 Å². The van der Waals surface area contributed by atoms with Crippen LogP contribution in [0.3, 0.4) is 0 Å². The number of nitro groups is 1. The number of rotatable bonds is 1. The lowest BCUT2D eigenvalue weighted by atomic mass is 9.99. The van der Waals surface area contributed by atoms with E-state index in [0.29, 0.717) is 30.4 Å². The van der Waals surface area contributed by atoms with Crippen molar-refractivity contribution in [1.29, 1.82) is 0 Å². The van der Waals surface area contributed by atoms with Crippen LogP contribution in [0.4, 0.5) is 5.69 Å². The first-order valence-corrected chi connectivity index (χ1v) is 5.35. The fraction of sp³-hybridized carbons (Fsp3) is 0.333. The first-order chi connectivity index (χ1) is 7.68. The average Bonchev–Trinajstić information content (AvgIpc) is 2.82. The van der Waals surface area contributed by atoms with Gasteiger partial charge in [-0.05, 0) is 12.5 Å². The molecule has 16 heavy (non-hydrogen) atoms. The second-order valence-corrected chi connectivity index (χ2v) is 4.27. The molecule has 0 N–H and O–H groups in total. The number of hydrogen-bond donors (Lipinski definition) is 0. The maximum atomic E-state index is 11.6. The third-order valence-corrected chi connectivity index (χ3v) is 3.40. The Morgan fingerprint density at radius 1 is 1.25 bits per heavy atom. The highest BCUT2D eigenvalue weighted by Crippen LogP contribution is 2.39. The van der Waals surface area contributed by atoms with Crippen molar-refractivity contribution >= 4 is 11.5 Å². The van der Waals surface area contributed by atoms with Crippen LogP contribution in [0, 0.1) is 16.5 Å². The van der Waals surface area contributed by atoms with E-state index in [-0.39, 0.29) is 16.4 Å². The highest BCUT2D eigenvalue weighted by Gasteiger charge is 2.36. The fourth-order valence-electron chi connectivity index (χ4n) is 2.69. The van der Waals surface area contributed by atoms with Gasteiger partial charge in [-0.15, -0.1) is 0 Å². The number of nitrogens with zero attached hydrogens (tertiary/aromatic N) is 1. The second-order valence-electron chi connectivity index (χ2n) is 4.27. The average molecular weight is 216 g/mol. The van der Waals surface area contributed by atoms with Crippen molar-refractivity contribution < 1.29 is 9.72 Å². The Kier molecular flexibility index (Phi) is 1.80. The lowest BCUT2D eigenvalue weighted by Crippen LogP contribution is -2.02. The summed E-state index contributed by atoms with van der Waals surface area (Å²) in [6.07, 6.45) is 4.38. The minimum atomic E-state index is -0.324. The van der Waals surface area contributed by atoms with Crippen molar-refractivity contribution in [2.75, 3.05) is 0 Å². The normalized spacial score (nSPS) is 16.9. The van der Waals surface area contributed by atoms with Gasteiger partial charge in [0.1, 0.15) is 12.8 Å². The molecule has 0 unspecified atom stereocenters. The van der Waals surface area contributed by atoms with Gasteiger partial charge in [-0.2, -0.15) is 0 Å². The Balaban J connectivity index is 2.33. The van der Waals surface area contributed by atoms with Gasteiger partial charge in [-0.25, -0.2) is 0 Å². The Hall–Kier alpha value is -1.84. The zero-order valence-corrected chi connectivity index (χ0v) is 8.66. The van der Waals surface area contributed by atoms with Crippen LogP contribution in [-0.4, -0.2) is 10.7 Å². The molecule has 0 aromatic heterocycles. The molecule has 0 aliphatic heterocycles. The lowest BCUT2D eigenvalue weighted by Gasteiger charge is -2.04. The van der Waals surface area contributed by atoms with E-state index in [1.54, 1.807) is 0 Å². The zero-order valence-electron chi connectivity index (χ0n) is 8.66. The lowest BCUT2D eigenvalue weighted by molar-refractivity contribution is -0.386. The highest BCUT2D eigenvalue weighted by atomic mass is 16.6. The number of fused-ring (bicyclic) bond motifs is 2. The molecule has 1 aromatic rings. The van der Waals surface area contributed by atoms with Crippen LogP contribution in [0.1, 0.15) is 33.5 Å². The summed E-state index contributed by atoms with van der Waals surface area (Å²) in [5.41, 5.74) is 3.22. The van der Waals surface area contributed by atoms with E-state index in [1.165, 1.54) is 0 Å². The van der Waals surface area contributed by atoms with Crippen LogP contribution in [0.2, 0.25) is 0 Å². The van der Waals surface area contributed by atoms with Gasteiger partial charge in [0.15, 0.2) is 5.78 Å². The molecule has 3 rings (SSSR count). The molecule has 4 nitrogen and oxygen atoms in total. The maximum Gasteiger partial charge on any atom is 0.281 e. The number of carbonyl (C=O) groups is 1. The molecule has 0 saturated carbocycles. The van der Waals surface area contributed by atoms with Crippen LogP contribution in [-0.2, 0) is 19.3 Å². The van der Waals surface area contributed by atoms with E-state index in [2.05, 4.69) is 0 Å². The standard InChI is InChI=1S/C12H10NO3/c14-11-5-4-9-10(11)6-7-2-1-3-8(7)12(9)13(15)16/h1,6H,2-5H2/q+1. The minimum Gasteiger partial charge on any atom is -0.294 e. The third-order valence-electron chi connectivity index (χ3n) is 3.40. The molecule has 0 radical (unpaired) electrons. The fourth-order valence-corrected chi connectivity index (χ4v) is 2.69. The van der Waals surface area contributed by atoms with Gasteiger partial charge in [-0.3, -0.25) is 14.9 Å². The van der Waals surface area contributed by atoms with Crippen molar-refractivity contribution in [2.45, 2.75) is 25.7 Å². The maximum absolute atomic E-state index is 11.6. The van der Waals surface area contributed by atoms with Crippen molar-refractivity contribution in [3.63, 3.8) is 0 Å². The summed E-state index contributed by atoms with van der Waals surface area (Å²) in [7, 11) is 0. The quantitative estimate of drug-likeness (QED) is 0.410. The van der Waals surface area contributed by atoms with Gasteiger partial charge >= 0.3 is 0 Å². The summed E-state index contributed by atoms with van der Waals surface area (Å²) in [5.74, 6) is 0.0489. The molecule has 0 amide bonds. The molecule has 0 bridgehead atoms. The Labute approximate surface area is 92.4 Å². The van der Waals surface area contributed by atoms with Gasteiger partial charge in [0.2, 0.25) is 0 Å². The smallest absolute Gasteiger partial charge is 0.281 e. The summed E-state index contributed by atoms with van der Waals surface area (Å²) >= 11 is 0. The Morgan fingerprint density at radius 2 is 2.06 bits per heavy atom. The second kappa shape index (κ2) is 3.07. The SMILES string of the molecule is O=C1CCc2c1cc1c(c2[N+](=O)[O-])C[CH+]C1. The molecular formula is C12H10NO3+. The molecular weight excluding hydrogens is 206 g/mol. The molecule has 1 aromatic carbocycles. The molecule has 0 fully saturated rings. The van der Waals surface area contributed by atoms with Crippen molar-refractivity contribution in [2.24, 2.45) is 0 Å².